The maximum Gasteiger partial charge on any atom is 0.573 e. The molecule has 0 saturated carbocycles. The first-order valence-electron chi connectivity index (χ1n) is 9.51. The molecule has 2 heterocycles. The number of carbonyl (C=O) groups is 2. The smallest absolute Gasteiger partial charge is 0.431 e. The lowest BCUT2D eigenvalue weighted by Gasteiger charge is -2.21. The van der Waals surface area contributed by atoms with E-state index in [4.69, 9.17) is 4.74 Å². The van der Waals surface area contributed by atoms with Crippen molar-refractivity contribution < 1.29 is 32.2 Å². The van der Waals surface area contributed by atoms with E-state index in [2.05, 4.69) is 15.0 Å². The van der Waals surface area contributed by atoms with E-state index >= 15 is 0 Å². The maximum absolute atomic E-state index is 12.7. The number of nitrogens with one attached hydrogen (secondary N) is 1. The number of alkyl halides is 3. The van der Waals surface area contributed by atoms with Crippen molar-refractivity contribution in [2.75, 3.05) is 18.4 Å². The molecule has 0 bridgehead atoms. The van der Waals surface area contributed by atoms with Gasteiger partial charge in [-0.15, -0.1) is 18.2 Å². The lowest BCUT2D eigenvalue weighted by atomic mass is 10.2. The third kappa shape index (κ3) is 4.99. The van der Waals surface area contributed by atoms with Gasteiger partial charge in [0, 0.05) is 31.4 Å². The predicted octanol–water partition coefficient (Wildman–Crippen LogP) is 3.69. The van der Waals surface area contributed by atoms with Crippen LogP contribution in [-0.4, -0.2) is 47.2 Å². The Morgan fingerprint density at radius 2 is 1.91 bits per heavy atom. The normalized spacial score (nSPS) is 15.9. The molecule has 11 heteroatoms. The first-order chi connectivity index (χ1) is 15.3. The lowest BCUT2D eigenvalue weighted by molar-refractivity contribution is -0.274. The Balaban J connectivity index is 1.43. The van der Waals surface area contributed by atoms with E-state index in [-0.39, 0.29) is 30.5 Å². The van der Waals surface area contributed by atoms with E-state index in [1.54, 1.807) is 0 Å². The van der Waals surface area contributed by atoms with E-state index in [1.807, 2.05) is 30.3 Å². The quantitative estimate of drug-likeness (QED) is 0.758. The van der Waals surface area contributed by atoms with Gasteiger partial charge in [-0.25, -0.2) is 4.79 Å². The average molecular weight is 446 g/mol. The molecule has 8 nitrogen and oxygen atoms in total. The van der Waals surface area contributed by atoms with Crippen LogP contribution < -0.4 is 10.1 Å². The van der Waals surface area contributed by atoms with Gasteiger partial charge in [0.1, 0.15) is 17.7 Å². The van der Waals surface area contributed by atoms with Crippen molar-refractivity contribution >= 4 is 23.6 Å². The highest BCUT2D eigenvalue weighted by atomic mass is 19.4. The summed E-state index contributed by atoms with van der Waals surface area (Å²) in [6.07, 6.45) is -3.70. The summed E-state index contributed by atoms with van der Waals surface area (Å²) in [6.45, 7) is 0.874. The summed E-state index contributed by atoms with van der Waals surface area (Å²) in [5.41, 5.74) is 1.10. The van der Waals surface area contributed by atoms with Crippen molar-refractivity contribution in [3.8, 4) is 5.75 Å². The third-order valence-electron chi connectivity index (χ3n) is 4.63. The van der Waals surface area contributed by atoms with E-state index in [1.165, 1.54) is 21.9 Å². The van der Waals surface area contributed by atoms with E-state index in [0.29, 0.717) is 6.54 Å². The van der Waals surface area contributed by atoms with Gasteiger partial charge < -0.3 is 19.7 Å². The van der Waals surface area contributed by atoms with Crippen molar-refractivity contribution in [2.45, 2.75) is 12.9 Å². The molecular weight excluding hydrogens is 429 g/mol. The number of carbonyl (C=O) groups excluding carboxylic acids is 2. The van der Waals surface area contributed by atoms with Crippen LogP contribution in [0.5, 0.6) is 5.75 Å². The molecule has 0 spiro atoms. The number of fused-ring (bicyclic) bond motifs is 1. The van der Waals surface area contributed by atoms with Crippen LogP contribution in [0.4, 0.5) is 23.7 Å². The summed E-state index contributed by atoms with van der Waals surface area (Å²) in [5.74, 6) is -1.10. The minimum absolute atomic E-state index is 0.0372. The highest BCUT2D eigenvalue weighted by Gasteiger charge is 2.34. The zero-order valence-corrected chi connectivity index (χ0v) is 16.5. The fourth-order valence-electron chi connectivity index (χ4n) is 3.20. The van der Waals surface area contributed by atoms with E-state index in [0.717, 1.165) is 24.0 Å². The summed E-state index contributed by atoms with van der Waals surface area (Å²) in [4.78, 5) is 32.1. The fourth-order valence-corrected chi connectivity index (χ4v) is 3.20. The van der Waals surface area contributed by atoms with Gasteiger partial charge in [-0.05, 0) is 17.7 Å². The number of amidine groups is 1. The largest absolute Gasteiger partial charge is 0.573 e. The second-order valence-electron chi connectivity index (χ2n) is 6.89. The zero-order valence-electron chi connectivity index (χ0n) is 16.5. The number of hydrogen-bond acceptors (Lipinski definition) is 5. The van der Waals surface area contributed by atoms with Crippen LogP contribution in [0.15, 0.2) is 71.5 Å². The van der Waals surface area contributed by atoms with Crippen molar-refractivity contribution in [1.82, 2.24) is 9.80 Å². The number of benzene rings is 2. The monoisotopic (exact) mass is 446 g/mol. The maximum atomic E-state index is 12.7. The second-order valence-corrected chi connectivity index (χ2v) is 6.89. The summed E-state index contributed by atoms with van der Waals surface area (Å²) in [5, 5.41) is 2.50. The lowest BCUT2D eigenvalue weighted by Crippen LogP contribution is -2.36. The van der Waals surface area contributed by atoms with Crippen LogP contribution in [0.3, 0.4) is 0 Å². The van der Waals surface area contributed by atoms with Crippen LogP contribution in [0.1, 0.15) is 5.56 Å². The van der Waals surface area contributed by atoms with Gasteiger partial charge in [0.25, 0.3) is 5.91 Å². The molecule has 166 valence electrons. The van der Waals surface area contributed by atoms with Gasteiger partial charge in [-0.1, -0.05) is 36.4 Å². The SMILES string of the molecule is O=C(Nc1cccc(OC(F)(F)F)c1)C1=COC2=NC(=O)N(Cc3ccccc3)CCN12. The van der Waals surface area contributed by atoms with Crippen LogP contribution in [0.2, 0.25) is 0 Å². The number of anilines is 1. The molecule has 2 aliphatic heterocycles. The number of nitrogens with zero attached hydrogens (tertiary/aromatic N) is 3. The van der Waals surface area contributed by atoms with Crippen LogP contribution in [0, 0.1) is 0 Å². The first kappa shape index (κ1) is 21.2. The van der Waals surface area contributed by atoms with Gasteiger partial charge in [0.15, 0.2) is 0 Å². The van der Waals surface area contributed by atoms with E-state index in [9.17, 15) is 22.8 Å². The Kier molecular flexibility index (Phi) is 5.71. The van der Waals surface area contributed by atoms with Crippen LogP contribution in [-0.2, 0) is 16.1 Å². The van der Waals surface area contributed by atoms with Crippen molar-refractivity contribution in [1.29, 1.82) is 0 Å². The Morgan fingerprint density at radius 3 is 2.66 bits per heavy atom. The molecule has 0 aromatic heterocycles. The third-order valence-corrected chi connectivity index (χ3v) is 4.63. The highest BCUT2D eigenvalue weighted by Crippen LogP contribution is 2.26. The Bertz CT molecular complexity index is 1090. The molecular formula is C21H17F3N4O4. The van der Waals surface area contributed by atoms with Gasteiger partial charge >= 0.3 is 18.4 Å². The number of amides is 3. The molecule has 2 aromatic carbocycles. The minimum atomic E-state index is -4.85. The van der Waals surface area contributed by atoms with Gasteiger partial charge in [0.05, 0.1) is 0 Å². The van der Waals surface area contributed by atoms with Crippen LogP contribution in [0.25, 0.3) is 0 Å². The average Bonchev–Trinajstić information content (AvgIpc) is 3.06. The molecule has 0 unspecified atom stereocenters. The molecule has 2 aromatic rings. The first-order valence-corrected chi connectivity index (χ1v) is 9.51. The number of ether oxygens (including phenoxy) is 2. The summed E-state index contributed by atoms with van der Waals surface area (Å²) < 4.78 is 46.4. The molecule has 2 aliphatic rings. The van der Waals surface area contributed by atoms with Crippen LogP contribution >= 0.6 is 0 Å². The number of aliphatic imine (C=N–C) groups is 1. The van der Waals surface area contributed by atoms with Gasteiger partial charge in [0.2, 0.25) is 0 Å². The minimum Gasteiger partial charge on any atom is -0.431 e. The second kappa shape index (κ2) is 8.61. The molecule has 0 fully saturated rings. The summed E-state index contributed by atoms with van der Waals surface area (Å²) in [6, 6.07) is 13.7. The molecule has 0 aliphatic carbocycles. The summed E-state index contributed by atoms with van der Waals surface area (Å²) in [7, 11) is 0. The Labute approximate surface area is 180 Å². The summed E-state index contributed by atoms with van der Waals surface area (Å²) >= 11 is 0. The number of halogens is 3. The fraction of sp³-hybridized carbons (Fsp3) is 0.190. The molecule has 0 atom stereocenters. The number of hydrogen-bond donors (Lipinski definition) is 1. The molecule has 0 radical (unpaired) electrons. The van der Waals surface area contributed by atoms with Crippen molar-refractivity contribution in [3.05, 3.63) is 72.1 Å². The standard InChI is InChI=1S/C21H17F3N4O4/c22-21(23,24)32-16-8-4-7-15(11-16)25-18(29)17-13-31-20-26-19(30)27(9-10-28(17)20)12-14-5-2-1-3-6-14/h1-8,11,13H,9-10,12H2,(H,25,29). The molecule has 32 heavy (non-hydrogen) atoms. The zero-order chi connectivity index (χ0) is 22.7. The van der Waals surface area contributed by atoms with Gasteiger partial charge in [-0.3, -0.25) is 9.69 Å². The topological polar surface area (TPSA) is 83.5 Å². The molecule has 1 N–H and O–H groups in total. The highest BCUT2D eigenvalue weighted by molar-refractivity contribution is 6.08. The molecule has 0 saturated heterocycles. The Hall–Kier alpha value is -4.02. The van der Waals surface area contributed by atoms with Gasteiger partial charge in [-0.2, -0.15) is 0 Å². The Morgan fingerprint density at radius 1 is 1.12 bits per heavy atom. The van der Waals surface area contributed by atoms with Crippen molar-refractivity contribution in [3.63, 3.8) is 0 Å². The van der Waals surface area contributed by atoms with E-state index < -0.39 is 24.1 Å². The predicted molar refractivity (Wildman–Crippen MR) is 107 cm³/mol. The molecule has 3 amide bonds. The molecule has 4 rings (SSSR count). The number of rotatable bonds is 5. The van der Waals surface area contributed by atoms with Crippen molar-refractivity contribution in [2.24, 2.45) is 4.99 Å². The number of urea groups is 1.